The van der Waals surface area contributed by atoms with E-state index >= 15 is 0 Å². The minimum Gasteiger partial charge on any atom is -0.504 e. The van der Waals surface area contributed by atoms with E-state index in [9.17, 15) is 15.0 Å². The normalized spacial score (nSPS) is 19.2. The molecule has 4 nitrogen and oxygen atoms in total. The average molecular weight is 208 g/mol. The van der Waals surface area contributed by atoms with E-state index in [1.807, 2.05) is 0 Å². The number of hydrogen-bond donors (Lipinski definition) is 2. The molecule has 0 saturated carbocycles. The van der Waals surface area contributed by atoms with Crippen LogP contribution in [0.2, 0.25) is 0 Å². The standard InChI is InChI=1S/C11H12O4/c1-6(12)7-2-8-3-9(13)5-15-11(8)10(14)4-7/h2,4,9,13-14H,3,5H2,1H3. The molecule has 0 saturated heterocycles. The largest absolute Gasteiger partial charge is 0.504 e. The Bertz CT molecular complexity index is 411. The second-order valence-corrected chi connectivity index (χ2v) is 3.71. The molecule has 1 heterocycles. The maximum absolute atomic E-state index is 11.2. The van der Waals surface area contributed by atoms with Gasteiger partial charge in [0, 0.05) is 17.5 Å². The number of phenolic OH excluding ortho intramolecular Hbond substituents is 1. The molecule has 1 unspecified atom stereocenters. The van der Waals surface area contributed by atoms with Crippen LogP contribution < -0.4 is 4.74 Å². The number of rotatable bonds is 1. The van der Waals surface area contributed by atoms with Gasteiger partial charge >= 0.3 is 0 Å². The number of fused-ring (bicyclic) bond motifs is 1. The molecule has 0 bridgehead atoms. The van der Waals surface area contributed by atoms with E-state index in [-0.39, 0.29) is 18.1 Å². The fraction of sp³-hybridized carbons (Fsp3) is 0.364. The Morgan fingerprint density at radius 2 is 2.27 bits per heavy atom. The molecule has 0 aromatic heterocycles. The SMILES string of the molecule is CC(=O)c1cc(O)c2c(c1)CC(O)CO2. The summed E-state index contributed by atoms with van der Waals surface area (Å²) in [5.41, 5.74) is 1.11. The van der Waals surface area contributed by atoms with Crippen molar-refractivity contribution in [2.45, 2.75) is 19.4 Å². The molecule has 1 aromatic rings. The number of carbonyl (C=O) groups excluding carboxylic acids is 1. The molecule has 0 radical (unpaired) electrons. The Morgan fingerprint density at radius 1 is 1.53 bits per heavy atom. The van der Waals surface area contributed by atoms with Crippen LogP contribution in [-0.4, -0.2) is 28.7 Å². The van der Waals surface area contributed by atoms with Gasteiger partial charge in [0.1, 0.15) is 6.61 Å². The topological polar surface area (TPSA) is 66.8 Å². The second kappa shape index (κ2) is 3.55. The fourth-order valence-corrected chi connectivity index (χ4v) is 1.69. The van der Waals surface area contributed by atoms with Crippen molar-refractivity contribution >= 4 is 5.78 Å². The molecule has 1 aliphatic rings. The number of aromatic hydroxyl groups is 1. The highest BCUT2D eigenvalue weighted by Gasteiger charge is 2.22. The lowest BCUT2D eigenvalue weighted by Crippen LogP contribution is -2.25. The van der Waals surface area contributed by atoms with E-state index in [4.69, 9.17) is 4.74 Å². The summed E-state index contributed by atoms with van der Waals surface area (Å²) in [5, 5.41) is 19.0. The minimum atomic E-state index is -0.570. The number of ether oxygens (including phenoxy) is 1. The molecule has 80 valence electrons. The third-order valence-corrected chi connectivity index (χ3v) is 2.43. The summed E-state index contributed by atoms with van der Waals surface area (Å²) in [7, 11) is 0. The van der Waals surface area contributed by atoms with Gasteiger partial charge in [-0.2, -0.15) is 0 Å². The molecule has 1 aliphatic heterocycles. The summed E-state index contributed by atoms with van der Waals surface area (Å²) in [6, 6.07) is 3.04. The van der Waals surface area contributed by atoms with Crippen LogP contribution in [0.5, 0.6) is 11.5 Å². The minimum absolute atomic E-state index is 0.0374. The van der Waals surface area contributed by atoms with Crippen molar-refractivity contribution in [1.29, 1.82) is 0 Å². The fourth-order valence-electron chi connectivity index (χ4n) is 1.69. The smallest absolute Gasteiger partial charge is 0.164 e. The lowest BCUT2D eigenvalue weighted by Gasteiger charge is -2.22. The highest BCUT2D eigenvalue weighted by atomic mass is 16.5. The van der Waals surface area contributed by atoms with Crippen LogP contribution >= 0.6 is 0 Å². The first-order chi connectivity index (χ1) is 7.08. The summed E-state index contributed by atoms with van der Waals surface area (Å²) < 4.78 is 5.19. The quantitative estimate of drug-likeness (QED) is 0.672. The molecule has 1 aromatic carbocycles. The van der Waals surface area contributed by atoms with Gasteiger partial charge in [-0.15, -0.1) is 0 Å². The Balaban J connectivity index is 2.48. The molecular formula is C11H12O4. The molecule has 4 heteroatoms. The van der Waals surface area contributed by atoms with E-state index < -0.39 is 6.10 Å². The summed E-state index contributed by atoms with van der Waals surface area (Å²) in [6.07, 6.45) is -0.164. The van der Waals surface area contributed by atoms with Gasteiger partial charge in [-0.3, -0.25) is 4.79 Å². The van der Waals surface area contributed by atoms with Gasteiger partial charge in [0.15, 0.2) is 17.3 Å². The molecular weight excluding hydrogens is 196 g/mol. The maximum atomic E-state index is 11.2. The highest BCUT2D eigenvalue weighted by molar-refractivity contribution is 5.95. The Morgan fingerprint density at radius 3 is 2.93 bits per heavy atom. The van der Waals surface area contributed by atoms with Crippen molar-refractivity contribution in [2.24, 2.45) is 0 Å². The number of aliphatic hydroxyl groups excluding tert-OH is 1. The van der Waals surface area contributed by atoms with Gasteiger partial charge in [0.2, 0.25) is 0 Å². The van der Waals surface area contributed by atoms with Crippen molar-refractivity contribution in [3.05, 3.63) is 23.3 Å². The third kappa shape index (κ3) is 1.80. The van der Waals surface area contributed by atoms with Crippen molar-refractivity contribution < 1.29 is 19.7 Å². The van der Waals surface area contributed by atoms with E-state index in [2.05, 4.69) is 0 Å². The van der Waals surface area contributed by atoms with Gasteiger partial charge in [-0.1, -0.05) is 0 Å². The predicted molar refractivity (Wildman–Crippen MR) is 53.3 cm³/mol. The van der Waals surface area contributed by atoms with Crippen molar-refractivity contribution in [3.63, 3.8) is 0 Å². The van der Waals surface area contributed by atoms with Crippen molar-refractivity contribution in [3.8, 4) is 11.5 Å². The van der Waals surface area contributed by atoms with Crippen molar-refractivity contribution in [1.82, 2.24) is 0 Å². The molecule has 15 heavy (non-hydrogen) atoms. The molecule has 0 spiro atoms. The lowest BCUT2D eigenvalue weighted by molar-refractivity contribution is 0.0895. The first kappa shape index (κ1) is 9.98. The Labute approximate surface area is 87.1 Å². The molecule has 0 aliphatic carbocycles. The zero-order valence-corrected chi connectivity index (χ0v) is 8.36. The highest BCUT2D eigenvalue weighted by Crippen LogP contribution is 2.35. The molecule has 2 N–H and O–H groups in total. The van der Waals surface area contributed by atoms with Gasteiger partial charge in [0.25, 0.3) is 0 Å². The summed E-state index contributed by atoms with van der Waals surface area (Å²) >= 11 is 0. The number of hydrogen-bond acceptors (Lipinski definition) is 4. The average Bonchev–Trinajstić information content (AvgIpc) is 2.16. The summed E-state index contributed by atoms with van der Waals surface area (Å²) in [6.45, 7) is 1.61. The third-order valence-electron chi connectivity index (χ3n) is 2.43. The Hall–Kier alpha value is -1.55. The molecule has 2 rings (SSSR count). The van der Waals surface area contributed by atoms with E-state index in [1.54, 1.807) is 6.07 Å². The zero-order chi connectivity index (χ0) is 11.0. The van der Waals surface area contributed by atoms with Crippen LogP contribution in [0, 0.1) is 0 Å². The molecule has 0 amide bonds. The number of Topliss-reactive ketones (excluding diaryl/α,β-unsaturated/α-hetero) is 1. The first-order valence-electron chi connectivity index (χ1n) is 4.75. The Kier molecular flexibility index (Phi) is 2.36. The van der Waals surface area contributed by atoms with Crippen LogP contribution in [0.4, 0.5) is 0 Å². The maximum Gasteiger partial charge on any atom is 0.164 e. The van der Waals surface area contributed by atoms with E-state index in [1.165, 1.54) is 13.0 Å². The zero-order valence-electron chi connectivity index (χ0n) is 8.36. The lowest BCUT2D eigenvalue weighted by atomic mass is 9.99. The van der Waals surface area contributed by atoms with Crippen molar-refractivity contribution in [2.75, 3.05) is 6.61 Å². The number of carbonyl (C=O) groups is 1. The van der Waals surface area contributed by atoms with Crippen LogP contribution in [0.25, 0.3) is 0 Å². The monoisotopic (exact) mass is 208 g/mol. The first-order valence-corrected chi connectivity index (χ1v) is 4.75. The summed E-state index contributed by atoms with van der Waals surface area (Å²) in [5.74, 6) is 0.225. The van der Waals surface area contributed by atoms with Gasteiger partial charge in [0.05, 0.1) is 6.10 Å². The van der Waals surface area contributed by atoms with Crippen LogP contribution in [-0.2, 0) is 6.42 Å². The van der Waals surface area contributed by atoms with Crippen LogP contribution in [0.1, 0.15) is 22.8 Å². The molecule has 1 atom stereocenters. The van der Waals surface area contributed by atoms with E-state index in [0.717, 1.165) is 0 Å². The summed E-state index contributed by atoms with van der Waals surface area (Å²) in [4.78, 5) is 11.2. The second-order valence-electron chi connectivity index (χ2n) is 3.71. The van der Waals surface area contributed by atoms with Crippen LogP contribution in [0.3, 0.4) is 0 Å². The van der Waals surface area contributed by atoms with E-state index in [0.29, 0.717) is 23.3 Å². The number of benzene rings is 1. The number of ketones is 1. The van der Waals surface area contributed by atoms with Crippen LogP contribution in [0.15, 0.2) is 12.1 Å². The number of phenols is 1. The predicted octanol–water partition coefficient (Wildman–Crippen LogP) is 0.891. The van der Waals surface area contributed by atoms with Gasteiger partial charge in [-0.25, -0.2) is 0 Å². The van der Waals surface area contributed by atoms with Gasteiger partial charge in [-0.05, 0) is 19.1 Å². The number of aliphatic hydroxyl groups is 1. The molecule has 0 fully saturated rings. The van der Waals surface area contributed by atoms with Gasteiger partial charge < -0.3 is 14.9 Å².